The number of aliphatic hydroxyl groups excluding tert-OH is 2. The molecule has 0 heterocycles. The van der Waals surface area contributed by atoms with E-state index in [1.807, 2.05) is 0 Å². The van der Waals surface area contributed by atoms with Gasteiger partial charge in [-0.3, -0.25) is 9.59 Å². The molecule has 2 unspecified atom stereocenters. The molecular weight excluding hydrogens is 1070 g/mol. The monoisotopic (exact) mass is 1220 g/mol. The number of esters is 1. The molecule has 0 spiro atoms. The molecule has 0 saturated carbocycles. The maximum absolute atomic E-state index is 12.6. The van der Waals surface area contributed by atoms with Gasteiger partial charge in [0.1, 0.15) is 0 Å². The van der Waals surface area contributed by atoms with Crippen molar-refractivity contribution in [2.75, 3.05) is 13.2 Å². The van der Waals surface area contributed by atoms with Crippen molar-refractivity contribution in [3.63, 3.8) is 0 Å². The minimum absolute atomic E-state index is 0.0173. The summed E-state index contributed by atoms with van der Waals surface area (Å²) in [6.07, 6.45) is 98.4. The van der Waals surface area contributed by atoms with Crippen molar-refractivity contribution < 1.29 is 24.5 Å². The number of nitrogens with one attached hydrogen (secondary N) is 1. The fourth-order valence-corrected chi connectivity index (χ4v) is 12.9. The van der Waals surface area contributed by atoms with Gasteiger partial charge in [0.15, 0.2) is 0 Å². The highest BCUT2D eigenvalue weighted by molar-refractivity contribution is 5.76. The second-order valence-corrected chi connectivity index (χ2v) is 27.7. The fraction of sp³-hybridized carbons (Fsp3) is 0.926. The van der Waals surface area contributed by atoms with Crippen molar-refractivity contribution in [1.82, 2.24) is 5.32 Å². The van der Waals surface area contributed by atoms with Crippen LogP contribution in [-0.2, 0) is 14.3 Å². The summed E-state index contributed by atoms with van der Waals surface area (Å²) in [4.78, 5) is 24.7. The lowest BCUT2D eigenvalue weighted by molar-refractivity contribution is -0.143. The van der Waals surface area contributed by atoms with E-state index < -0.39 is 12.1 Å². The Hall–Kier alpha value is -1.66. The number of carbonyl (C=O) groups excluding carboxylic acids is 2. The molecule has 516 valence electrons. The van der Waals surface area contributed by atoms with Crippen molar-refractivity contribution in [3.05, 3.63) is 24.3 Å². The first-order valence-electron chi connectivity index (χ1n) is 40.1. The van der Waals surface area contributed by atoms with Gasteiger partial charge >= 0.3 is 5.97 Å². The molecule has 0 saturated heterocycles. The van der Waals surface area contributed by atoms with Gasteiger partial charge in [-0.1, -0.05) is 391 Å². The maximum Gasteiger partial charge on any atom is 0.305 e. The Labute approximate surface area is 545 Å². The van der Waals surface area contributed by atoms with E-state index in [1.165, 1.54) is 385 Å². The van der Waals surface area contributed by atoms with Crippen molar-refractivity contribution in [2.24, 2.45) is 0 Å². The highest BCUT2D eigenvalue weighted by Gasteiger charge is 2.20. The number of aliphatic hydroxyl groups is 2. The third kappa shape index (κ3) is 73.3. The lowest BCUT2D eigenvalue weighted by atomic mass is 10.0. The number of unbranched alkanes of at least 4 members (excludes halogenated alkanes) is 61. The normalized spacial score (nSPS) is 12.6. The molecule has 0 aliphatic carbocycles. The molecular formula is C81H157NO5. The van der Waals surface area contributed by atoms with Gasteiger partial charge < -0.3 is 20.3 Å². The van der Waals surface area contributed by atoms with Crippen LogP contribution in [0.1, 0.15) is 457 Å². The number of allylic oxidation sites excluding steroid dienone is 4. The summed E-state index contributed by atoms with van der Waals surface area (Å²) >= 11 is 0. The van der Waals surface area contributed by atoms with E-state index in [4.69, 9.17) is 4.74 Å². The van der Waals surface area contributed by atoms with E-state index in [0.29, 0.717) is 25.9 Å². The molecule has 0 aromatic carbocycles. The molecule has 0 aliphatic rings. The lowest BCUT2D eigenvalue weighted by Gasteiger charge is -2.22. The van der Waals surface area contributed by atoms with Crippen LogP contribution in [-0.4, -0.2) is 47.4 Å². The minimum Gasteiger partial charge on any atom is -0.466 e. The molecule has 0 fully saturated rings. The first-order valence-corrected chi connectivity index (χ1v) is 40.1. The number of carbonyl (C=O) groups is 2. The lowest BCUT2D eigenvalue weighted by Crippen LogP contribution is -2.45. The number of hydrogen-bond donors (Lipinski definition) is 3. The molecule has 1 amide bonds. The summed E-state index contributed by atoms with van der Waals surface area (Å²) in [6.45, 7) is 5.00. The van der Waals surface area contributed by atoms with Crippen molar-refractivity contribution in [2.45, 2.75) is 469 Å². The van der Waals surface area contributed by atoms with E-state index in [2.05, 4.69) is 43.5 Å². The third-order valence-electron chi connectivity index (χ3n) is 19.0. The number of ether oxygens (including phenoxy) is 1. The quantitative estimate of drug-likeness (QED) is 0.0320. The number of hydrogen-bond acceptors (Lipinski definition) is 5. The summed E-state index contributed by atoms with van der Waals surface area (Å²) in [5.41, 5.74) is 0. The predicted molar refractivity (Wildman–Crippen MR) is 384 cm³/mol. The minimum atomic E-state index is -0.665. The van der Waals surface area contributed by atoms with Crippen LogP contribution in [0.25, 0.3) is 0 Å². The van der Waals surface area contributed by atoms with Gasteiger partial charge in [0.05, 0.1) is 25.4 Å². The second kappa shape index (κ2) is 76.8. The van der Waals surface area contributed by atoms with Crippen LogP contribution in [0.4, 0.5) is 0 Å². The van der Waals surface area contributed by atoms with Crippen LogP contribution in [0.2, 0.25) is 0 Å². The van der Waals surface area contributed by atoms with Gasteiger partial charge in [0.25, 0.3) is 0 Å². The average molecular weight is 1230 g/mol. The van der Waals surface area contributed by atoms with Crippen LogP contribution in [0.15, 0.2) is 24.3 Å². The Kier molecular flexibility index (Phi) is 75.3. The topological polar surface area (TPSA) is 95.9 Å². The molecule has 0 bridgehead atoms. The Balaban J connectivity index is 3.36. The second-order valence-electron chi connectivity index (χ2n) is 27.7. The fourth-order valence-electron chi connectivity index (χ4n) is 12.9. The Morgan fingerprint density at radius 3 is 0.816 bits per heavy atom. The van der Waals surface area contributed by atoms with Crippen LogP contribution < -0.4 is 5.32 Å². The van der Waals surface area contributed by atoms with Gasteiger partial charge in [-0.15, -0.1) is 0 Å². The summed E-state index contributed by atoms with van der Waals surface area (Å²) in [5, 5.41) is 23.5. The van der Waals surface area contributed by atoms with Gasteiger partial charge in [-0.05, 0) is 77.0 Å². The van der Waals surface area contributed by atoms with Crippen molar-refractivity contribution in [3.8, 4) is 0 Å². The Bertz CT molecular complexity index is 1360. The summed E-state index contributed by atoms with van der Waals surface area (Å²) in [5.74, 6) is -0.0114. The molecule has 0 radical (unpaired) electrons. The van der Waals surface area contributed by atoms with E-state index in [9.17, 15) is 19.8 Å². The van der Waals surface area contributed by atoms with Gasteiger partial charge in [-0.2, -0.15) is 0 Å². The molecule has 3 N–H and O–H groups in total. The summed E-state index contributed by atoms with van der Waals surface area (Å²) in [6, 6.07) is -0.542. The van der Waals surface area contributed by atoms with Crippen LogP contribution in [0.5, 0.6) is 0 Å². The van der Waals surface area contributed by atoms with E-state index in [-0.39, 0.29) is 18.5 Å². The maximum atomic E-state index is 12.6. The van der Waals surface area contributed by atoms with Crippen LogP contribution in [0.3, 0.4) is 0 Å². The Morgan fingerprint density at radius 2 is 0.540 bits per heavy atom. The molecule has 0 aromatic rings. The smallest absolute Gasteiger partial charge is 0.305 e. The molecule has 6 heteroatoms. The zero-order valence-electron chi connectivity index (χ0n) is 59.3. The van der Waals surface area contributed by atoms with Crippen molar-refractivity contribution in [1.29, 1.82) is 0 Å². The first kappa shape index (κ1) is 85.3. The molecule has 0 rings (SSSR count). The van der Waals surface area contributed by atoms with Gasteiger partial charge in [-0.25, -0.2) is 0 Å². The van der Waals surface area contributed by atoms with Gasteiger partial charge in [0, 0.05) is 12.8 Å². The summed E-state index contributed by atoms with van der Waals surface area (Å²) < 4.78 is 5.52. The first-order chi connectivity index (χ1) is 43.0. The van der Waals surface area contributed by atoms with Crippen molar-refractivity contribution >= 4 is 11.9 Å². The summed E-state index contributed by atoms with van der Waals surface area (Å²) in [7, 11) is 0. The molecule has 0 aliphatic heterocycles. The molecule has 0 aromatic heterocycles. The highest BCUT2D eigenvalue weighted by atomic mass is 16.5. The average Bonchev–Trinajstić information content (AvgIpc) is 3.52. The molecule has 6 nitrogen and oxygen atoms in total. The standard InChI is InChI=1S/C81H157NO5/c1-3-5-7-9-11-13-15-17-19-21-23-24-34-38-41-45-49-53-57-61-65-69-73-79(84)78(77-83)82-80(85)74-70-66-62-58-54-50-46-42-39-35-32-30-28-26-25-27-29-31-33-36-40-44-48-52-56-60-64-68-72-76-87-81(86)75-71-67-63-59-55-51-47-43-37-22-20-18-16-14-12-10-8-6-4-2/h18,20,25,27,78-79,83-84H,3-17,19,21-24,26,28-77H2,1-2H3,(H,82,85)/b20-18-,27-25-. The Morgan fingerprint density at radius 1 is 0.310 bits per heavy atom. The van der Waals surface area contributed by atoms with E-state index in [1.54, 1.807) is 0 Å². The SMILES string of the molecule is CCCCCCCC/C=C\CCCCCCCCCCCC(=O)OCCCCCCCCCCCCCC/C=C\CCCCCCCCCCCCCCCC(=O)NC(CO)C(O)CCCCCCCCCCCCCCCCCCCCCCCC. The van der Waals surface area contributed by atoms with E-state index >= 15 is 0 Å². The zero-order chi connectivity index (χ0) is 62.8. The number of rotatable bonds is 76. The largest absolute Gasteiger partial charge is 0.466 e. The van der Waals surface area contributed by atoms with Crippen LogP contribution >= 0.6 is 0 Å². The third-order valence-corrected chi connectivity index (χ3v) is 19.0. The molecule has 2 atom stereocenters. The van der Waals surface area contributed by atoms with Crippen LogP contribution in [0, 0.1) is 0 Å². The predicted octanol–water partition coefficient (Wildman–Crippen LogP) is 26.4. The van der Waals surface area contributed by atoms with E-state index in [0.717, 1.165) is 38.5 Å². The molecule has 87 heavy (non-hydrogen) atoms. The zero-order valence-corrected chi connectivity index (χ0v) is 59.3. The van der Waals surface area contributed by atoms with Gasteiger partial charge in [0.2, 0.25) is 5.91 Å². The number of amides is 1. The highest BCUT2D eigenvalue weighted by Crippen LogP contribution is 2.20.